The molecule has 148 valence electrons. The van der Waals surface area contributed by atoms with Gasteiger partial charge in [0, 0.05) is 15.7 Å². The zero-order valence-corrected chi connectivity index (χ0v) is 18.8. The second kappa shape index (κ2) is 9.25. The number of hydrogen-bond donors (Lipinski definition) is 2. The number of aromatic nitrogens is 3. The Hall–Kier alpha value is -2.94. The van der Waals surface area contributed by atoms with Crippen LogP contribution in [0, 0.1) is 4.77 Å². The van der Waals surface area contributed by atoms with E-state index < -0.39 is 0 Å². The zero-order valence-electron chi connectivity index (χ0n) is 15.6. The second-order valence-corrected chi connectivity index (χ2v) is 7.97. The number of hydrogen-bond acceptors (Lipinski definition) is 4. The van der Waals surface area contributed by atoms with E-state index in [4.69, 9.17) is 29.4 Å². The topological polar surface area (TPSA) is 54.8 Å². The van der Waals surface area contributed by atoms with Crippen molar-refractivity contribution in [2.24, 2.45) is 0 Å². The van der Waals surface area contributed by atoms with Crippen LogP contribution in [0.1, 0.15) is 0 Å². The van der Waals surface area contributed by atoms with E-state index in [1.165, 1.54) is 0 Å². The molecule has 4 aromatic rings. The second-order valence-electron chi connectivity index (χ2n) is 6.28. The van der Waals surface area contributed by atoms with E-state index in [0.717, 1.165) is 21.4 Å². The highest BCUT2D eigenvalue weighted by Crippen LogP contribution is 2.22. The summed E-state index contributed by atoms with van der Waals surface area (Å²) in [5.41, 5.74) is 2.57. The van der Waals surface area contributed by atoms with E-state index in [0.29, 0.717) is 21.7 Å². The fourth-order valence-electron chi connectivity index (χ4n) is 2.81. The third kappa shape index (κ3) is 4.79. The van der Waals surface area contributed by atoms with Gasteiger partial charge in [-0.05, 0) is 60.8 Å². The molecule has 0 unspecified atom stereocenters. The standard InChI is InChI=1S/C22H16BrN5S2/c23-16-11-13-18(14-12-16)28-20(27-21(29)24-17-9-5-2-6-10-17)25-19(26-22(28)30)15-7-3-1-4-8-15/h1-14H,(H2,24,25,26,27,29,30). The minimum Gasteiger partial charge on any atom is -0.332 e. The third-order valence-electron chi connectivity index (χ3n) is 4.19. The van der Waals surface area contributed by atoms with Crippen molar-refractivity contribution in [2.45, 2.75) is 0 Å². The zero-order chi connectivity index (χ0) is 20.9. The number of para-hydroxylation sites is 1. The maximum absolute atomic E-state index is 5.62. The molecule has 0 aliphatic heterocycles. The SMILES string of the molecule is S=C(Nc1ccccc1)Nc1nc(-c2ccccc2)nc(=S)n1-c1ccc(Br)cc1. The monoisotopic (exact) mass is 493 g/mol. The molecule has 0 saturated carbocycles. The summed E-state index contributed by atoms with van der Waals surface area (Å²) in [4.78, 5) is 9.26. The summed E-state index contributed by atoms with van der Waals surface area (Å²) < 4.78 is 3.10. The fraction of sp³-hybridized carbons (Fsp3) is 0. The Morgan fingerprint density at radius 3 is 2.10 bits per heavy atom. The van der Waals surface area contributed by atoms with Crippen LogP contribution in [-0.2, 0) is 0 Å². The third-order valence-corrected chi connectivity index (χ3v) is 5.20. The highest BCUT2D eigenvalue weighted by atomic mass is 79.9. The molecule has 1 aromatic heterocycles. The molecule has 30 heavy (non-hydrogen) atoms. The van der Waals surface area contributed by atoms with Crippen molar-refractivity contribution >= 4 is 57.1 Å². The van der Waals surface area contributed by atoms with Crippen LogP contribution >= 0.6 is 40.4 Å². The quantitative estimate of drug-likeness (QED) is 0.328. The van der Waals surface area contributed by atoms with E-state index >= 15 is 0 Å². The van der Waals surface area contributed by atoms with Gasteiger partial charge in [-0.15, -0.1) is 0 Å². The molecule has 0 amide bonds. The van der Waals surface area contributed by atoms with Gasteiger partial charge in [0.1, 0.15) is 0 Å². The molecule has 5 nitrogen and oxygen atoms in total. The van der Waals surface area contributed by atoms with Gasteiger partial charge in [0.2, 0.25) is 10.7 Å². The van der Waals surface area contributed by atoms with Crippen LogP contribution in [0.15, 0.2) is 89.4 Å². The smallest absolute Gasteiger partial charge is 0.218 e. The summed E-state index contributed by atoms with van der Waals surface area (Å²) in [6.45, 7) is 0. The lowest BCUT2D eigenvalue weighted by molar-refractivity contribution is 0.914. The lowest BCUT2D eigenvalue weighted by atomic mass is 10.2. The first-order chi connectivity index (χ1) is 14.6. The molecule has 0 aliphatic rings. The molecule has 0 aliphatic carbocycles. The van der Waals surface area contributed by atoms with E-state index in [1.807, 2.05) is 84.9 Å². The Labute approximate surface area is 193 Å². The lowest BCUT2D eigenvalue weighted by Gasteiger charge is -2.17. The van der Waals surface area contributed by atoms with Crippen LogP contribution in [0.3, 0.4) is 0 Å². The molecular weight excluding hydrogens is 478 g/mol. The summed E-state index contributed by atoms with van der Waals surface area (Å²) in [5.74, 6) is 1.00. The van der Waals surface area contributed by atoms with Crippen molar-refractivity contribution in [1.82, 2.24) is 14.5 Å². The van der Waals surface area contributed by atoms with E-state index in [1.54, 1.807) is 4.57 Å². The van der Waals surface area contributed by atoms with Crippen molar-refractivity contribution < 1.29 is 0 Å². The molecule has 0 bridgehead atoms. The number of nitrogens with one attached hydrogen (secondary N) is 2. The van der Waals surface area contributed by atoms with E-state index in [2.05, 4.69) is 31.5 Å². The van der Waals surface area contributed by atoms with Crippen LogP contribution in [0.2, 0.25) is 0 Å². The van der Waals surface area contributed by atoms with Crippen molar-refractivity contribution in [3.05, 3.63) is 94.2 Å². The van der Waals surface area contributed by atoms with Gasteiger partial charge in [0.05, 0.1) is 5.69 Å². The fourth-order valence-corrected chi connectivity index (χ4v) is 3.57. The number of benzene rings is 3. The van der Waals surface area contributed by atoms with Gasteiger partial charge < -0.3 is 10.6 Å². The number of anilines is 2. The minimum absolute atomic E-state index is 0.371. The highest BCUT2D eigenvalue weighted by Gasteiger charge is 2.13. The van der Waals surface area contributed by atoms with E-state index in [9.17, 15) is 0 Å². The van der Waals surface area contributed by atoms with Gasteiger partial charge in [-0.3, -0.25) is 4.57 Å². The molecule has 0 saturated heterocycles. The van der Waals surface area contributed by atoms with Crippen LogP contribution in [0.5, 0.6) is 0 Å². The first-order valence-electron chi connectivity index (χ1n) is 9.06. The Bertz CT molecular complexity index is 1230. The predicted molar refractivity (Wildman–Crippen MR) is 132 cm³/mol. The van der Waals surface area contributed by atoms with Gasteiger partial charge >= 0.3 is 0 Å². The van der Waals surface area contributed by atoms with E-state index in [-0.39, 0.29) is 0 Å². The molecular formula is C22H16BrN5S2. The summed E-state index contributed by atoms with van der Waals surface area (Å²) in [6, 6.07) is 27.1. The summed E-state index contributed by atoms with van der Waals surface area (Å²) >= 11 is 14.6. The number of thiocarbonyl (C=S) groups is 1. The first-order valence-corrected chi connectivity index (χ1v) is 10.7. The number of halogens is 1. The van der Waals surface area contributed by atoms with Crippen LogP contribution in [0.25, 0.3) is 17.1 Å². The minimum atomic E-state index is 0.371. The maximum atomic E-state index is 5.62. The van der Waals surface area contributed by atoms with Gasteiger partial charge in [0.15, 0.2) is 10.9 Å². The molecule has 0 spiro atoms. The molecule has 4 rings (SSSR count). The van der Waals surface area contributed by atoms with Gasteiger partial charge in [0.25, 0.3) is 0 Å². The van der Waals surface area contributed by atoms with Crippen molar-refractivity contribution in [1.29, 1.82) is 0 Å². The molecule has 2 N–H and O–H groups in total. The Morgan fingerprint density at radius 2 is 1.43 bits per heavy atom. The molecule has 8 heteroatoms. The summed E-state index contributed by atoms with van der Waals surface area (Å²) in [6.07, 6.45) is 0. The Balaban J connectivity index is 1.76. The lowest BCUT2D eigenvalue weighted by Crippen LogP contribution is -2.23. The van der Waals surface area contributed by atoms with Gasteiger partial charge in [-0.1, -0.05) is 64.5 Å². The van der Waals surface area contributed by atoms with Gasteiger partial charge in [-0.2, -0.15) is 9.97 Å². The van der Waals surface area contributed by atoms with Crippen LogP contribution in [0.4, 0.5) is 11.6 Å². The van der Waals surface area contributed by atoms with Gasteiger partial charge in [-0.25, -0.2) is 0 Å². The largest absolute Gasteiger partial charge is 0.332 e. The Kier molecular flexibility index (Phi) is 6.27. The number of nitrogens with zero attached hydrogens (tertiary/aromatic N) is 3. The van der Waals surface area contributed by atoms with Crippen LogP contribution in [-0.4, -0.2) is 19.6 Å². The van der Waals surface area contributed by atoms with Crippen molar-refractivity contribution in [3.8, 4) is 17.1 Å². The molecule has 0 radical (unpaired) electrons. The molecule has 3 aromatic carbocycles. The predicted octanol–water partition coefficient (Wildman–Crippen LogP) is 6.24. The number of rotatable bonds is 4. The molecule has 0 atom stereocenters. The molecule has 1 heterocycles. The van der Waals surface area contributed by atoms with Crippen molar-refractivity contribution in [2.75, 3.05) is 10.6 Å². The first kappa shape index (κ1) is 20.3. The molecule has 0 fully saturated rings. The Morgan fingerprint density at radius 1 is 0.800 bits per heavy atom. The summed E-state index contributed by atoms with van der Waals surface area (Å²) in [7, 11) is 0. The van der Waals surface area contributed by atoms with Crippen LogP contribution < -0.4 is 10.6 Å². The average Bonchev–Trinajstić information content (AvgIpc) is 2.76. The normalized spacial score (nSPS) is 10.4. The average molecular weight is 494 g/mol. The van der Waals surface area contributed by atoms with Crippen molar-refractivity contribution in [3.63, 3.8) is 0 Å². The summed E-state index contributed by atoms with van der Waals surface area (Å²) in [5, 5.41) is 6.74. The highest BCUT2D eigenvalue weighted by molar-refractivity contribution is 9.10. The maximum Gasteiger partial charge on any atom is 0.218 e.